The molecule has 12 heavy (non-hydrogen) atoms. The average molecular weight is 185 g/mol. The maximum absolute atomic E-state index is 5.83. The molecule has 2 nitrogen and oxygen atoms in total. The van der Waals surface area contributed by atoms with E-state index in [-0.39, 0.29) is 0 Å². The van der Waals surface area contributed by atoms with Crippen molar-refractivity contribution in [1.29, 1.82) is 0 Å². The zero-order valence-electron chi connectivity index (χ0n) is 7.10. The van der Waals surface area contributed by atoms with Gasteiger partial charge in [-0.3, -0.25) is 0 Å². The maximum Gasteiger partial charge on any atom is 0.0739 e. The van der Waals surface area contributed by atoms with E-state index in [4.69, 9.17) is 17.3 Å². The lowest BCUT2D eigenvalue weighted by Crippen LogP contribution is -2.02. The Balaban J connectivity index is 2.78. The number of benzene rings is 1. The van der Waals surface area contributed by atoms with Crippen molar-refractivity contribution in [2.24, 2.45) is 0 Å². The first kappa shape index (κ1) is 9.20. The molecular weight excluding hydrogens is 172 g/mol. The molecule has 1 aromatic carbocycles. The lowest BCUT2D eigenvalue weighted by molar-refractivity contribution is 0.980. The normalized spacial score (nSPS) is 9.83. The lowest BCUT2D eigenvalue weighted by atomic mass is 10.2. The Morgan fingerprint density at radius 1 is 1.50 bits per heavy atom. The Morgan fingerprint density at radius 2 is 2.25 bits per heavy atom. The molecule has 0 aliphatic carbocycles. The second kappa shape index (κ2) is 4.21. The van der Waals surface area contributed by atoms with E-state index >= 15 is 0 Å². The van der Waals surface area contributed by atoms with Crippen molar-refractivity contribution in [3.8, 4) is 0 Å². The van der Waals surface area contributed by atoms with Crippen molar-refractivity contribution in [1.82, 2.24) is 0 Å². The van der Waals surface area contributed by atoms with Gasteiger partial charge in [-0.2, -0.15) is 0 Å². The van der Waals surface area contributed by atoms with Crippen LogP contribution in [0.2, 0.25) is 5.02 Å². The molecule has 0 amide bonds. The van der Waals surface area contributed by atoms with E-state index in [1.54, 1.807) is 6.07 Å². The average Bonchev–Trinajstić information content (AvgIpc) is 2.08. The molecule has 66 valence electrons. The second-order valence-electron chi connectivity index (χ2n) is 2.63. The number of para-hydroxylation sites is 1. The predicted octanol–water partition coefficient (Wildman–Crippen LogP) is 2.74. The smallest absolute Gasteiger partial charge is 0.0739 e. The topological polar surface area (TPSA) is 38.0 Å². The third-order valence-corrected chi connectivity index (χ3v) is 1.95. The SMILES string of the molecule is CCCNc1cccc(Cl)c1N. The molecule has 0 fully saturated rings. The fourth-order valence-electron chi connectivity index (χ4n) is 0.951. The van der Waals surface area contributed by atoms with Gasteiger partial charge in [0.1, 0.15) is 0 Å². The second-order valence-corrected chi connectivity index (χ2v) is 3.04. The third-order valence-electron chi connectivity index (χ3n) is 1.62. The van der Waals surface area contributed by atoms with Crippen LogP contribution in [0.15, 0.2) is 18.2 Å². The van der Waals surface area contributed by atoms with Crippen LogP contribution < -0.4 is 11.1 Å². The van der Waals surface area contributed by atoms with Crippen LogP contribution in [0.5, 0.6) is 0 Å². The van der Waals surface area contributed by atoms with Gasteiger partial charge in [-0.05, 0) is 18.6 Å². The summed E-state index contributed by atoms with van der Waals surface area (Å²) in [6.07, 6.45) is 1.08. The molecule has 0 unspecified atom stereocenters. The van der Waals surface area contributed by atoms with E-state index < -0.39 is 0 Å². The van der Waals surface area contributed by atoms with E-state index in [1.807, 2.05) is 12.1 Å². The van der Waals surface area contributed by atoms with Crippen molar-refractivity contribution in [2.75, 3.05) is 17.6 Å². The molecule has 0 radical (unpaired) electrons. The van der Waals surface area contributed by atoms with Gasteiger partial charge in [-0.15, -0.1) is 0 Å². The van der Waals surface area contributed by atoms with Crippen LogP contribution in [0.1, 0.15) is 13.3 Å². The fourth-order valence-corrected chi connectivity index (χ4v) is 1.13. The highest BCUT2D eigenvalue weighted by Crippen LogP contribution is 2.26. The first-order valence-corrected chi connectivity index (χ1v) is 4.41. The largest absolute Gasteiger partial charge is 0.396 e. The summed E-state index contributed by atoms with van der Waals surface area (Å²) >= 11 is 5.83. The van der Waals surface area contributed by atoms with Gasteiger partial charge in [0, 0.05) is 6.54 Å². The zero-order valence-corrected chi connectivity index (χ0v) is 7.86. The summed E-state index contributed by atoms with van der Waals surface area (Å²) in [4.78, 5) is 0. The number of halogens is 1. The minimum atomic E-state index is 0.608. The highest BCUT2D eigenvalue weighted by Gasteiger charge is 2.00. The van der Waals surface area contributed by atoms with Crippen molar-refractivity contribution >= 4 is 23.0 Å². The number of nitrogens with one attached hydrogen (secondary N) is 1. The highest BCUT2D eigenvalue weighted by atomic mass is 35.5. The van der Waals surface area contributed by atoms with Gasteiger partial charge >= 0.3 is 0 Å². The fraction of sp³-hybridized carbons (Fsp3) is 0.333. The Morgan fingerprint density at radius 3 is 2.92 bits per heavy atom. The van der Waals surface area contributed by atoms with Crippen LogP contribution in [-0.4, -0.2) is 6.54 Å². The van der Waals surface area contributed by atoms with Crippen LogP contribution >= 0.6 is 11.6 Å². The molecule has 0 saturated heterocycles. The maximum atomic E-state index is 5.83. The molecule has 3 N–H and O–H groups in total. The molecular formula is C9H13ClN2. The van der Waals surface area contributed by atoms with Gasteiger partial charge in [0.25, 0.3) is 0 Å². The standard InChI is InChI=1S/C9H13ClN2/c1-2-6-12-8-5-3-4-7(10)9(8)11/h3-5,12H,2,6,11H2,1H3. The molecule has 0 spiro atoms. The summed E-state index contributed by atoms with van der Waals surface area (Å²) in [5.74, 6) is 0. The number of anilines is 2. The Bertz CT molecular complexity index is 261. The van der Waals surface area contributed by atoms with Crippen LogP contribution in [0.3, 0.4) is 0 Å². The van der Waals surface area contributed by atoms with Crippen LogP contribution in [0.4, 0.5) is 11.4 Å². The third kappa shape index (κ3) is 2.05. The molecule has 0 aromatic heterocycles. The van der Waals surface area contributed by atoms with Crippen LogP contribution in [-0.2, 0) is 0 Å². The Kier molecular flexibility index (Phi) is 3.23. The van der Waals surface area contributed by atoms with E-state index in [9.17, 15) is 0 Å². The molecule has 0 atom stereocenters. The van der Waals surface area contributed by atoms with Gasteiger partial charge in [0.05, 0.1) is 16.4 Å². The molecule has 0 aliphatic rings. The number of rotatable bonds is 3. The quantitative estimate of drug-likeness (QED) is 0.709. The molecule has 1 aromatic rings. The van der Waals surface area contributed by atoms with E-state index in [0.717, 1.165) is 18.7 Å². The molecule has 0 heterocycles. The number of nitrogen functional groups attached to an aromatic ring is 1. The number of hydrogen-bond acceptors (Lipinski definition) is 2. The summed E-state index contributed by atoms with van der Waals surface area (Å²) in [7, 11) is 0. The molecule has 0 bridgehead atoms. The summed E-state index contributed by atoms with van der Waals surface area (Å²) in [6.45, 7) is 3.03. The Hall–Kier alpha value is -0.890. The van der Waals surface area contributed by atoms with Crippen molar-refractivity contribution in [3.63, 3.8) is 0 Å². The molecule has 0 saturated carbocycles. The Labute approximate surface area is 77.7 Å². The van der Waals surface area contributed by atoms with E-state index in [1.165, 1.54) is 0 Å². The highest BCUT2D eigenvalue weighted by molar-refractivity contribution is 6.33. The summed E-state index contributed by atoms with van der Waals surface area (Å²) in [5.41, 5.74) is 7.28. The van der Waals surface area contributed by atoms with E-state index in [2.05, 4.69) is 12.2 Å². The van der Waals surface area contributed by atoms with Crippen molar-refractivity contribution in [2.45, 2.75) is 13.3 Å². The molecule has 0 aliphatic heterocycles. The van der Waals surface area contributed by atoms with E-state index in [0.29, 0.717) is 10.7 Å². The minimum Gasteiger partial charge on any atom is -0.396 e. The molecule has 1 rings (SSSR count). The lowest BCUT2D eigenvalue weighted by Gasteiger charge is -2.08. The zero-order chi connectivity index (χ0) is 8.97. The molecule has 3 heteroatoms. The van der Waals surface area contributed by atoms with Crippen molar-refractivity contribution in [3.05, 3.63) is 23.2 Å². The monoisotopic (exact) mass is 184 g/mol. The summed E-state index contributed by atoms with van der Waals surface area (Å²) < 4.78 is 0. The van der Waals surface area contributed by atoms with Gasteiger partial charge in [0.15, 0.2) is 0 Å². The summed E-state index contributed by atoms with van der Waals surface area (Å²) in [6, 6.07) is 5.60. The van der Waals surface area contributed by atoms with Gasteiger partial charge in [-0.1, -0.05) is 24.6 Å². The van der Waals surface area contributed by atoms with Crippen LogP contribution in [0.25, 0.3) is 0 Å². The van der Waals surface area contributed by atoms with Gasteiger partial charge < -0.3 is 11.1 Å². The number of hydrogen-bond donors (Lipinski definition) is 2. The number of nitrogens with two attached hydrogens (primary N) is 1. The minimum absolute atomic E-state index is 0.608. The van der Waals surface area contributed by atoms with Gasteiger partial charge in [0.2, 0.25) is 0 Å². The van der Waals surface area contributed by atoms with Crippen molar-refractivity contribution < 1.29 is 0 Å². The van der Waals surface area contributed by atoms with Gasteiger partial charge in [-0.25, -0.2) is 0 Å². The predicted molar refractivity (Wildman–Crippen MR) is 54.6 cm³/mol. The van der Waals surface area contributed by atoms with Crippen LogP contribution in [0, 0.1) is 0 Å². The first-order valence-electron chi connectivity index (χ1n) is 4.03. The summed E-state index contributed by atoms with van der Waals surface area (Å²) in [5, 5.41) is 3.80. The first-order chi connectivity index (χ1) is 5.75.